The Hall–Kier alpha value is -1.10. The minimum absolute atomic E-state index is 0.0708. The fraction of sp³-hybridized carbons (Fsp3) is 0.611. The minimum atomic E-state index is -0.447. The molecule has 1 aromatic carbocycles. The Balaban J connectivity index is 2.07. The highest BCUT2D eigenvalue weighted by Gasteiger charge is 2.35. The normalized spacial score (nSPS) is 18.7. The molecule has 0 radical (unpaired) electrons. The van der Waals surface area contributed by atoms with Gasteiger partial charge in [0.05, 0.1) is 6.04 Å². The van der Waals surface area contributed by atoms with Gasteiger partial charge in [-0.2, -0.15) is 0 Å². The van der Waals surface area contributed by atoms with Gasteiger partial charge in [-0.15, -0.1) is 0 Å². The molecule has 1 amide bonds. The van der Waals surface area contributed by atoms with Gasteiger partial charge in [0.2, 0.25) is 5.91 Å². The first kappa shape index (κ1) is 18.2. The molecule has 1 saturated heterocycles. The third-order valence-electron chi connectivity index (χ3n) is 4.57. The molecule has 128 valence electrons. The average Bonchev–Trinajstić information content (AvgIpc) is 2.53. The van der Waals surface area contributed by atoms with Crippen molar-refractivity contribution in [2.24, 2.45) is 11.7 Å². The Morgan fingerprint density at radius 3 is 2.48 bits per heavy atom. The van der Waals surface area contributed by atoms with Crippen molar-refractivity contribution in [2.45, 2.75) is 44.6 Å². The van der Waals surface area contributed by atoms with E-state index in [4.69, 9.17) is 22.1 Å². The van der Waals surface area contributed by atoms with E-state index >= 15 is 0 Å². The number of hydrogen-bond acceptors (Lipinski definition) is 3. The lowest BCUT2D eigenvalue weighted by Crippen LogP contribution is -2.49. The number of carbonyl (C=O) groups excluding carboxylic acids is 1. The first-order valence-electron chi connectivity index (χ1n) is 8.30. The van der Waals surface area contributed by atoms with Crippen LogP contribution in [0.4, 0.5) is 0 Å². The summed E-state index contributed by atoms with van der Waals surface area (Å²) in [5, 5.41) is 3.78. The highest BCUT2D eigenvalue weighted by molar-refractivity contribution is 6.30. The molecule has 0 bridgehead atoms. The molecule has 0 saturated carbocycles. The van der Waals surface area contributed by atoms with Crippen molar-refractivity contribution in [1.82, 2.24) is 5.32 Å². The highest BCUT2D eigenvalue weighted by Crippen LogP contribution is 2.34. The zero-order valence-electron chi connectivity index (χ0n) is 14.0. The molecule has 5 heteroatoms. The van der Waals surface area contributed by atoms with Crippen LogP contribution in [0.1, 0.15) is 38.7 Å². The van der Waals surface area contributed by atoms with E-state index < -0.39 is 6.04 Å². The molecule has 4 nitrogen and oxygen atoms in total. The van der Waals surface area contributed by atoms with E-state index in [9.17, 15) is 4.79 Å². The standard InChI is InChI=1S/C18H27ClN2O2/c1-13(2)11-16(20)17(22)21-12-18(7-9-23-10-8-18)14-3-5-15(19)6-4-14/h3-6,13,16H,7-12,20H2,1-2H3,(H,21,22)/t16-/m0/s1. The molecule has 0 spiro atoms. The predicted octanol–water partition coefficient (Wildman–Crippen LogP) is 2.88. The minimum Gasteiger partial charge on any atom is -0.381 e. The van der Waals surface area contributed by atoms with Crippen LogP contribution in [0.3, 0.4) is 0 Å². The van der Waals surface area contributed by atoms with Crippen LogP contribution in [0.25, 0.3) is 0 Å². The predicted molar refractivity (Wildman–Crippen MR) is 93.6 cm³/mol. The second-order valence-electron chi connectivity index (χ2n) is 6.85. The summed E-state index contributed by atoms with van der Waals surface area (Å²) in [6.07, 6.45) is 2.46. The third kappa shape index (κ3) is 4.93. The number of hydrogen-bond donors (Lipinski definition) is 2. The Kier molecular flexibility index (Phi) is 6.45. The van der Waals surface area contributed by atoms with Crippen molar-refractivity contribution in [1.29, 1.82) is 0 Å². The lowest BCUT2D eigenvalue weighted by molar-refractivity contribution is -0.123. The summed E-state index contributed by atoms with van der Waals surface area (Å²) in [5.41, 5.74) is 7.08. The van der Waals surface area contributed by atoms with Gasteiger partial charge < -0.3 is 15.8 Å². The topological polar surface area (TPSA) is 64.4 Å². The molecule has 0 aliphatic carbocycles. The number of rotatable bonds is 6. The first-order chi connectivity index (χ1) is 10.9. The number of benzene rings is 1. The molecule has 2 rings (SSSR count). The van der Waals surface area contributed by atoms with Gasteiger partial charge >= 0.3 is 0 Å². The van der Waals surface area contributed by atoms with E-state index in [1.165, 1.54) is 5.56 Å². The van der Waals surface area contributed by atoms with Crippen LogP contribution >= 0.6 is 11.6 Å². The Bertz CT molecular complexity index is 510. The summed E-state index contributed by atoms with van der Waals surface area (Å²) in [6, 6.07) is 7.46. The molecule has 0 aromatic heterocycles. The van der Waals surface area contributed by atoms with Gasteiger partial charge in [0.1, 0.15) is 0 Å². The second-order valence-corrected chi connectivity index (χ2v) is 7.29. The smallest absolute Gasteiger partial charge is 0.236 e. The molecule has 1 aliphatic rings. The van der Waals surface area contributed by atoms with Crippen LogP contribution in [0.15, 0.2) is 24.3 Å². The lowest BCUT2D eigenvalue weighted by atomic mass is 9.74. The van der Waals surface area contributed by atoms with Crippen LogP contribution in [0.5, 0.6) is 0 Å². The summed E-state index contributed by atoms with van der Waals surface area (Å²) in [4.78, 5) is 12.3. The summed E-state index contributed by atoms with van der Waals surface area (Å²) in [6.45, 7) is 6.14. The lowest BCUT2D eigenvalue weighted by Gasteiger charge is -2.38. The van der Waals surface area contributed by atoms with E-state index in [1.807, 2.05) is 24.3 Å². The largest absolute Gasteiger partial charge is 0.381 e. The monoisotopic (exact) mass is 338 g/mol. The van der Waals surface area contributed by atoms with Crippen molar-refractivity contribution in [3.05, 3.63) is 34.9 Å². The van der Waals surface area contributed by atoms with Crippen LogP contribution in [0.2, 0.25) is 5.02 Å². The van der Waals surface area contributed by atoms with Gasteiger partial charge in [-0.3, -0.25) is 4.79 Å². The van der Waals surface area contributed by atoms with Crippen molar-refractivity contribution >= 4 is 17.5 Å². The van der Waals surface area contributed by atoms with Gasteiger partial charge in [-0.05, 0) is 42.9 Å². The van der Waals surface area contributed by atoms with Gasteiger partial charge in [-0.1, -0.05) is 37.6 Å². The summed E-state index contributed by atoms with van der Waals surface area (Å²) in [7, 11) is 0. The quantitative estimate of drug-likeness (QED) is 0.838. The molecule has 0 unspecified atom stereocenters. The van der Waals surface area contributed by atoms with E-state index in [-0.39, 0.29) is 11.3 Å². The van der Waals surface area contributed by atoms with Crippen molar-refractivity contribution < 1.29 is 9.53 Å². The maximum absolute atomic E-state index is 12.3. The van der Waals surface area contributed by atoms with Gasteiger partial charge in [0, 0.05) is 30.2 Å². The number of carbonyl (C=O) groups is 1. The van der Waals surface area contributed by atoms with Crippen LogP contribution in [0, 0.1) is 5.92 Å². The number of nitrogens with two attached hydrogens (primary N) is 1. The van der Waals surface area contributed by atoms with Gasteiger partial charge in [0.25, 0.3) is 0 Å². The van der Waals surface area contributed by atoms with Crippen LogP contribution < -0.4 is 11.1 Å². The SMILES string of the molecule is CC(C)C[C@H](N)C(=O)NCC1(c2ccc(Cl)cc2)CCOCC1. The fourth-order valence-electron chi connectivity index (χ4n) is 3.14. The van der Waals surface area contributed by atoms with Crippen molar-refractivity contribution in [2.75, 3.05) is 19.8 Å². The second kappa shape index (κ2) is 8.13. The van der Waals surface area contributed by atoms with Gasteiger partial charge in [0.15, 0.2) is 0 Å². The molecular weight excluding hydrogens is 312 g/mol. The number of halogens is 1. The first-order valence-corrected chi connectivity index (χ1v) is 8.68. The zero-order chi connectivity index (χ0) is 16.9. The maximum Gasteiger partial charge on any atom is 0.236 e. The van der Waals surface area contributed by atoms with E-state index in [0.29, 0.717) is 32.1 Å². The summed E-state index contributed by atoms with van der Waals surface area (Å²) in [5.74, 6) is 0.336. The molecule has 1 atom stereocenters. The molecular formula is C18H27ClN2O2. The molecule has 1 heterocycles. The van der Waals surface area contributed by atoms with Crippen LogP contribution in [-0.2, 0) is 14.9 Å². The molecule has 1 aliphatic heterocycles. The number of amides is 1. The average molecular weight is 339 g/mol. The number of nitrogens with one attached hydrogen (secondary N) is 1. The summed E-state index contributed by atoms with van der Waals surface area (Å²) >= 11 is 6.00. The highest BCUT2D eigenvalue weighted by atomic mass is 35.5. The number of ether oxygens (including phenoxy) is 1. The van der Waals surface area contributed by atoms with E-state index in [0.717, 1.165) is 17.9 Å². The Labute approximate surface area is 143 Å². The molecule has 3 N–H and O–H groups in total. The Morgan fingerprint density at radius 2 is 1.91 bits per heavy atom. The van der Waals surface area contributed by atoms with Gasteiger partial charge in [-0.25, -0.2) is 0 Å². The zero-order valence-corrected chi connectivity index (χ0v) is 14.7. The molecule has 23 heavy (non-hydrogen) atoms. The maximum atomic E-state index is 12.3. The summed E-state index contributed by atoms with van der Waals surface area (Å²) < 4.78 is 5.51. The van der Waals surface area contributed by atoms with E-state index in [1.54, 1.807) is 0 Å². The van der Waals surface area contributed by atoms with Crippen LogP contribution in [-0.4, -0.2) is 31.7 Å². The molecule has 1 fully saturated rings. The van der Waals surface area contributed by atoms with Crippen molar-refractivity contribution in [3.63, 3.8) is 0 Å². The molecule has 1 aromatic rings. The Morgan fingerprint density at radius 1 is 1.30 bits per heavy atom. The fourth-order valence-corrected chi connectivity index (χ4v) is 3.26. The van der Waals surface area contributed by atoms with E-state index in [2.05, 4.69) is 19.2 Å². The third-order valence-corrected chi connectivity index (χ3v) is 4.82. The van der Waals surface area contributed by atoms with Crippen molar-refractivity contribution in [3.8, 4) is 0 Å².